The summed E-state index contributed by atoms with van der Waals surface area (Å²) >= 11 is 2.73. The van der Waals surface area contributed by atoms with Gasteiger partial charge in [-0.05, 0) is 29.8 Å². The van der Waals surface area contributed by atoms with E-state index in [9.17, 15) is 10.4 Å². The Balaban J connectivity index is 1.54. The molecule has 0 spiro atoms. The normalized spacial score (nSPS) is 11.2. The van der Waals surface area contributed by atoms with Crippen LogP contribution in [0.2, 0.25) is 0 Å². The summed E-state index contributed by atoms with van der Waals surface area (Å²) in [5, 5.41) is 34.7. The average molecular weight is 556 g/mol. The van der Waals surface area contributed by atoms with Crippen molar-refractivity contribution in [1.29, 1.82) is 5.26 Å². The maximum absolute atomic E-state index is 10.0. The van der Waals surface area contributed by atoms with Gasteiger partial charge in [0.2, 0.25) is 5.69 Å². The molecule has 2 aromatic carbocycles. The molecule has 4 rings (SSSR count). The molecule has 0 saturated heterocycles. The fourth-order valence-electron chi connectivity index (χ4n) is 3.45. The summed E-state index contributed by atoms with van der Waals surface area (Å²) in [7, 11) is 0. The highest BCUT2D eigenvalue weighted by atomic mass is 32.2. The van der Waals surface area contributed by atoms with Crippen LogP contribution >= 0.6 is 23.1 Å². The Morgan fingerprint density at radius 2 is 1.87 bits per heavy atom. The van der Waals surface area contributed by atoms with Crippen molar-refractivity contribution in [2.75, 3.05) is 24.3 Å². The van der Waals surface area contributed by atoms with Crippen LogP contribution in [0.15, 0.2) is 58.9 Å². The largest absolute Gasteiger partial charge is 0.491 e. The molecule has 194 valence electrons. The first-order valence-electron chi connectivity index (χ1n) is 11.4. The number of thioether (sulfide) groups is 1. The molecular weight excluding hydrogens is 534 g/mol. The zero-order chi connectivity index (χ0) is 27.8. The van der Waals surface area contributed by atoms with Gasteiger partial charge in [0, 0.05) is 22.4 Å². The molecule has 0 unspecified atom stereocenters. The Bertz CT molecular complexity index is 1580. The number of hydrogen-bond donors (Lipinski definition) is 4. The summed E-state index contributed by atoms with van der Waals surface area (Å²) in [5.41, 5.74) is 9.58. The minimum absolute atomic E-state index is 0.0244. The van der Waals surface area contributed by atoms with Gasteiger partial charge in [-0.1, -0.05) is 36.0 Å². The van der Waals surface area contributed by atoms with Gasteiger partial charge in [-0.15, -0.1) is 11.3 Å². The lowest BCUT2D eigenvalue weighted by atomic mass is 10.00. The van der Waals surface area contributed by atoms with Crippen molar-refractivity contribution in [3.63, 3.8) is 0 Å². The molecule has 0 aliphatic rings. The molecule has 0 aliphatic heterocycles. The minimum atomic E-state index is -0.996. The maximum Gasteiger partial charge on any atom is 0.236 e. The van der Waals surface area contributed by atoms with E-state index in [4.69, 9.17) is 28.7 Å². The van der Waals surface area contributed by atoms with E-state index in [1.54, 1.807) is 36.4 Å². The topological polar surface area (TPSA) is 146 Å². The molecule has 0 radical (unpaired) electrons. The number of nitrogens with zero attached hydrogens (tertiary/aromatic N) is 5. The predicted octanol–water partition coefficient (Wildman–Crippen LogP) is 5.53. The number of nitrogens with two attached hydrogens (primary N) is 1. The van der Waals surface area contributed by atoms with Crippen LogP contribution in [-0.4, -0.2) is 39.5 Å². The highest BCUT2D eigenvalue weighted by Gasteiger charge is 2.21. The number of nitrogens with one attached hydrogen (secondary N) is 1. The number of ether oxygens (including phenoxy) is 1. The van der Waals surface area contributed by atoms with Crippen molar-refractivity contribution in [3.05, 3.63) is 88.0 Å². The van der Waals surface area contributed by atoms with Gasteiger partial charge in [0.1, 0.15) is 35.4 Å². The fraction of sp³-hybridized carbons (Fsp3) is 0.148. The number of benzene rings is 2. The van der Waals surface area contributed by atoms with Crippen molar-refractivity contribution in [1.82, 2.24) is 9.97 Å². The number of aliphatic hydroxyl groups is 2. The Morgan fingerprint density at radius 3 is 2.51 bits per heavy atom. The molecule has 0 bridgehead atoms. The second-order valence-electron chi connectivity index (χ2n) is 8.01. The summed E-state index contributed by atoms with van der Waals surface area (Å²) in [6.07, 6.45) is -0.996. The summed E-state index contributed by atoms with van der Waals surface area (Å²) in [6, 6.07) is 16.0. The summed E-state index contributed by atoms with van der Waals surface area (Å²) < 4.78 is 5.45. The number of nitrogen functional groups attached to an aromatic ring is 1. The van der Waals surface area contributed by atoms with E-state index in [2.05, 4.69) is 31.0 Å². The van der Waals surface area contributed by atoms with Gasteiger partial charge >= 0.3 is 0 Å². The van der Waals surface area contributed by atoms with Crippen molar-refractivity contribution in [2.24, 2.45) is 0 Å². The number of hydrogen-bond acceptors (Lipinski definition) is 10. The van der Waals surface area contributed by atoms with Crippen molar-refractivity contribution < 1.29 is 14.9 Å². The van der Waals surface area contributed by atoms with E-state index in [0.29, 0.717) is 38.5 Å². The lowest BCUT2D eigenvalue weighted by Crippen LogP contribution is -2.21. The molecule has 39 heavy (non-hydrogen) atoms. The lowest BCUT2D eigenvalue weighted by Gasteiger charge is -2.14. The standard InChI is InChI=1S/C27H21N7O3S2/c1-30-17-5-7-18(8-6-17)32-27-33-19(15-39-27)14-38-26-22(11-28)23(24(31-2)25(29)34-26)16-3-9-21(10-4-16)37-13-20(36)12-35/h3-10,15,20,35-36H,12-14H2,(H2,29,34)(H,32,33)/t20-/m0/s1. The molecule has 0 fully saturated rings. The SMILES string of the molecule is [C-]#[N+]c1ccc(Nc2nc(CSc3nc(N)c([N+]#[C-])c(-c4ccc(OC[C@@H](O)CO)cc4)c3C#N)cs2)cc1. The molecule has 1 atom stereocenters. The van der Waals surface area contributed by atoms with Gasteiger partial charge in [0.25, 0.3) is 0 Å². The van der Waals surface area contributed by atoms with Crippen LogP contribution in [0.1, 0.15) is 11.3 Å². The summed E-state index contributed by atoms with van der Waals surface area (Å²) in [6.45, 7) is 14.2. The van der Waals surface area contributed by atoms with Gasteiger partial charge in [0.05, 0.1) is 31.0 Å². The van der Waals surface area contributed by atoms with Crippen LogP contribution in [-0.2, 0) is 5.75 Å². The zero-order valence-electron chi connectivity index (χ0n) is 20.3. The highest BCUT2D eigenvalue weighted by molar-refractivity contribution is 7.98. The van der Waals surface area contributed by atoms with Gasteiger partial charge in [-0.3, -0.25) is 0 Å². The van der Waals surface area contributed by atoms with Crippen LogP contribution in [0.4, 0.5) is 28.0 Å². The molecule has 0 amide bonds. The molecule has 4 aromatic rings. The monoisotopic (exact) mass is 555 g/mol. The van der Waals surface area contributed by atoms with Gasteiger partial charge in [0.15, 0.2) is 10.8 Å². The number of aromatic nitrogens is 2. The van der Waals surface area contributed by atoms with Crippen molar-refractivity contribution in [2.45, 2.75) is 16.9 Å². The Morgan fingerprint density at radius 1 is 1.13 bits per heavy atom. The molecule has 0 aliphatic carbocycles. The first-order valence-corrected chi connectivity index (χ1v) is 13.3. The third-order valence-electron chi connectivity index (χ3n) is 5.34. The average Bonchev–Trinajstić information content (AvgIpc) is 3.42. The number of thiazole rings is 1. The van der Waals surface area contributed by atoms with E-state index in [0.717, 1.165) is 11.4 Å². The molecule has 10 nitrogen and oxygen atoms in total. The highest BCUT2D eigenvalue weighted by Crippen LogP contribution is 2.42. The van der Waals surface area contributed by atoms with Gasteiger partial charge < -0.3 is 26.0 Å². The molecule has 2 heterocycles. The number of rotatable bonds is 10. The van der Waals surface area contributed by atoms with Crippen LogP contribution in [0, 0.1) is 24.5 Å². The van der Waals surface area contributed by atoms with Gasteiger partial charge in [-0.25, -0.2) is 19.7 Å². The van der Waals surface area contributed by atoms with E-state index in [1.807, 2.05) is 17.5 Å². The number of nitriles is 1. The van der Waals surface area contributed by atoms with E-state index >= 15 is 0 Å². The quantitative estimate of drug-likeness (QED) is 0.147. The van der Waals surface area contributed by atoms with E-state index < -0.39 is 12.7 Å². The second-order valence-corrected chi connectivity index (χ2v) is 9.83. The predicted molar refractivity (Wildman–Crippen MR) is 151 cm³/mol. The summed E-state index contributed by atoms with van der Waals surface area (Å²) in [4.78, 5) is 15.9. The van der Waals surface area contributed by atoms with Crippen LogP contribution in [0.3, 0.4) is 0 Å². The third kappa shape index (κ3) is 6.63. The zero-order valence-corrected chi connectivity index (χ0v) is 22.0. The lowest BCUT2D eigenvalue weighted by molar-refractivity contribution is 0.0536. The van der Waals surface area contributed by atoms with Crippen LogP contribution in [0.5, 0.6) is 5.75 Å². The molecule has 12 heteroatoms. The Labute approximate surface area is 233 Å². The number of pyridine rings is 1. The minimum Gasteiger partial charge on any atom is -0.491 e. The van der Waals surface area contributed by atoms with Crippen LogP contribution < -0.4 is 15.8 Å². The molecule has 5 N–H and O–H groups in total. The smallest absolute Gasteiger partial charge is 0.236 e. The first kappa shape index (κ1) is 27.4. The molecular formula is C27H21N7O3S2. The molecule has 0 saturated carbocycles. The Hall–Kier alpha value is -4.64. The number of anilines is 3. The van der Waals surface area contributed by atoms with E-state index in [1.165, 1.54) is 23.1 Å². The number of aliphatic hydroxyl groups excluding tert-OH is 2. The van der Waals surface area contributed by atoms with E-state index in [-0.39, 0.29) is 23.7 Å². The third-order valence-corrected chi connectivity index (χ3v) is 7.16. The summed E-state index contributed by atoms with van der Waals surface area (Å²) in [5.74, 6) is 0.907. The van der Waals surface area contributed by atoms with Crippen molar-refractivity contribution >= 4 is 51.1 Å². The van der Waals surface area contributed by atoms with Crippen molar-refractivity contribution in [3.8, 4) is 22.9 Å². The fourth-order valence-corrected chi connectivity index (χ4v) is 5.18. The molecule has 2 aromatic heterocycles. The van der Waals surface area contributed by atoms with Crippen LogP contribution in [0.25, 0.3) is 20.8 Å². The van der Waals surface area contributed by atoms with Gasteiger partial charge in [-0.2, -0.15) is 5.26 Å². The Kier molecular flexibility index (Phi) is 8.95. The first-order chi connectivity index (χ1) is 18.9. The maximum atomic E-state index is 10.0. The second kappa shape index (κ2) is 12.7.